The van der Waals surface area contributed by atoms with Gasteiger partial charge in [-0.3, -0.25) is 0 Å². The summed E-state index contributed by atoms with van der Waals surface area (Å²) in [5.41, 5.74) is 5.38. The summed E-state index contributed by atoms with van der Waals surface area (Å²) < 4.78 is 36.8. The first-order chi connectivity index (χ1) is 9.93. The standard InChI is InChI=1S/C13H9ClF2N2O3/c1-20-13(19)6-3-2-4-7(5-6)21-10-8(14)11(16)18-12(17)9(10)15/h2-5H,1H3,(H2,17,18). The number of hydrogen-bond acceptors (Lipinski definition) is 5. The van der Waals surface area contributed by atoms with Gasteiger partial charge in [-0.05, 0) is 18.2 Å². The average Bonchev–Trinajstić information content (AvgIpc) is 2.49. The van der Waals surface area contributed by atoms with E-state index in [9.17, 15) is 13.6 Å². The summed E-state index contributed by atoms with van der Waals surface area (Å²) in [6, 6.07) is 5.67. The number of carbonyl (C=O) groups excluding carboxylic acids is 1. The van der Waals surface area contributed by atoms with Crippen molar-refractivity contribution in [3.8, 4) is 11.5 Å². The zero-order valence-electron chi connectivity index (χ0n) is 10.7. The van der Waals surface area contributed by atoms with Crippen LogP contribution in [0.15, 0.2) is 24.3 Å². The van der Waals surface area contributed by atoms with E-state index < -0.39 is 34.3 Å². The van der Waals surface area contributed by atoms with Crippen molar-refractivity contribution in [1.29, 1.82) is 0 Å². The normalized spacial score (nSPS) is 10.3. The summed E-state index contributed by atoms with van der Waals surface area (Å²) in [6.07, 6.45) is 0. The lowest BCUT2D eigenvalue weighted by molar-refractivity contribution is 0.0600. The van der Waals surface area contributed by atoms with Gasteiger partial charge in [0.15, 0.2) is 11.6 Å². The SMILES string of the molecule is COC(=O)c1cccc(Oc2c(F)c(N)nc(F)c2Cl)c1. The molecule has 0 aliphatic heterocycles. The molecule has 1 aromatic carbocycles. The number of halogens is 3. The van der Waals surface area contributed by atoms with E-state index in [1.807, 2.05) is 0 Å². The van der Waals surface area contributed by atoms with Crippen LogP contribution in [0.3, 0.4) is 0 Å². The Morgan fingerprint density at radius 1 is 1.38 bits per heavy atom. The fourth-order valence-corrected chi connectivity index (χ4v) is 1.69. The molecule has 2 rings (SSSR count). The predicted molar refractivity (Wildman–Crippen MR) is 71.4 cm³/mol. The van der Waals surface area contributed by atoms with Crippen molar-refractivity contribution in [3.63, 3.8) is 0 Å². The highest BCUT2D eigenvalue weighted by Gasteiger charge is 2.20. The van der Waals surface area contributed by atoms with Crippen molar-refractivity contribution in [2.45, 2.75) is 0 Å². The molecule has 0 spiro atoms. The van der Waals surface area contributed by atoms with Crippen LogP contribution in [-0.2, 0) is 4.74 Å². The summed E-state index contributed by atoms with van der Waals surface area (Å²) in [5.74, 6) is -4.09. The second-order valence-electron chi connectivity index (χ2n) is 3.87. The van der Waals surface area contributed by atoms with Crippen molar-refractivity contribution in [2.75, 3.05) is 12.8 Å². The fourth-order valence-electron chi connectivity index (χ4n) is 1.52. The molecule has 110 valence electrons. The lowest BCUT2D eigenvalue weighted by atomic mass is 10.2. The van der Waals surface area contributed by atoms with E-state index >= 15 is 0 Å². The predicted octanol–water partition coefficient (Wildman–Crippen LogP) is 3.17. The van der Waals surface area contributed by atoms with Gasteiger partial charge in [0.1, 0.15) is 10.8 Å². The summed E-state index contributed by atoms with van der Waals surface area (Å²) in [4.78, 5) is 14.5. The van der Waals surface area contributed by atoms with Gasteiger partial charge >= 0.3 is 5.97 Å². The third kappa shape index (κ3) is 3.03. The molecule has 2 N–H and O–H groups in total. The molecule has 0 fully saturated rings. The molecule has 0 saturated heterocycles. The number of nitrogen functional groups attached to an aromatic ring is 1. The number of nitrogens with two attached hydrogens (primary N) is 1. The van der Waals surface area contributed by atoms with E-state index in [-0.39, 0.29) is 11.3 Å². The van der Waals surface area contributed by atoms with Gasteiger partial charge < -0.3 is 15.2 Å². The zero-order chi connectivity index (χ0) is 15.6. The molecule has 0 atom stereocenters. The van der Waals surface area contributed by atoms with E-state index in [1.165, 1.54) is 31.4 Å². The van der Waals surface area contributed by atoms with Gasteiger partial charge in [-0.2, -0.15) is 13.8 Å². The zero-order valence-corrected chi connectivity index (χ0v) is 11.4. The smallest absolute Gasteiger partial charge is 0.337 e. The number of aromatic nitrogens is 1. The lowest BCUT2D eigenvalue weighted by Gasteiger charge is -2.10. The number of rotatable bonds is 3. The Morgan fingerprint density at radius 3 is 2.76 bits per heavy atom. The lowest BCUT2D eigenvalue weighted by Crippen LogP contribution is -2.03. The first-order valence-corrected chi connectivity index (χ1v) is 5.98. The Hall–Kier alpha value is -2.41. The molecule has 2 aromatic rings. The Kier molecular flexibility index (Phi) is 4.23. The molecule has 0 aliphatic rings. The van der Waals surface area contributed by atoms with Gasteiger partial charge in [0.25, 0.3) is 0 Å². The maximum atomic E-state index is 13.8. The number of benzene rings is 1. The van der Waals surface area contributed by atoms with Gasteiger partial charge in [-0.25, -0.2) is 4.79 Å². The van der Waals surface area contributed by atoms with E-state index in [0.29, 0.717) is 0 Å². The van der Waals surface area contributed by atoms with Crippen molar-refractivity contribution >= 4 is 23.4 Å². The number of methoxy groups -OCH3 is 1. The minimum absolute atomic E-state index is 0.0590. The van der Waals surface area contributed by atoms with Gasteiger partial charge in [-0.1, -0.05) is 17.7 Å². The summed E-state index contributed by atoms with van der Waals surface area (Å²) in [6.45, 7) is 0. The first kappa shape index (κ1) is 15.0. The number of ether oxygens (including phenoxy) is 2. The Labute approximate surface area is 123 Å². The van der Waals surface area contributed by atoms with Crippen LogP contribution in [0.5, 0.6) is 11.5 Å². The average molecular weight is 315 g/mol. The fraction of sp³-hybridized carbons (Fsp3) is 0.0769. The molecule has 5 nitrogen and oxygen atoms in total. The number of anilines is 1. The maximum Gasteiger partial charge on any atom is 0.337 e. The number of esters is 1. The number of pyridine rings is 1. The molecular weight excluding hydrogens is 306 g/mol. The second kappa shape index (κ2) is 5.92. The van der Waals surface area contributed by atoms with Crippen LogP contribution >= 0.6 is 11.6 Å². The monoisotopic (exact) mass is 314 g/mol. The number of nitrogens with zero attached hydrogens (tertiary/aromatic N) is 1. The van der Waals surface area contributed by atoms with Crippen LogP contribution in [0.1, 0.15) is 10.4 Å². The molecule has 0 radical (unpaired) electrons. The molecular formula is C13H9ClF2N2O3. The molecule has 0 saturated carbocycles. The van der Waals surface area contributed by atoms with Crippen LogP contribution < -0.4 is 10.5 Å². The van der Waals surface area contributed by atoms with Crippen molar-refractivity contribution < 1.29 is 23.0 Å². The van der Waals surface area contributed by atoms with Crippen molar-refractivity contribution in [2.24, 2.45) is 0 Å². The highest BCUT2D eigenvalue weighted by Crippen LogP contribution is 2.35. The maximum absolute atomic E-state index is 13.8. The molecule has 1 aromatic heterocycles. The topological polar surface area (TPSA) is 74.4 Å². The quantitative estimate of drug-likeness (QED) is 0.695. The summed E-state index contributed by atoms with van der Waals surface area (Å²) in [7, 11) is 1.21. The summed E-state index contributed by atoms with van der Waals surface area (Å²) in [5, 5.41) is -0.648. The van der Waals surface area contributed by atoms with Gasteiger partial charge in [0.2, 0.25) is 11.8 Å². The molecule has 0 amide bonds. The van der Waals surface area contributed by atoms with Crippen LogP contribution in [-0.4, -0.2) is 18.1 Å². The Bertz CT molecular complexity index is 684. The van der Waals surface area contributed by atoms with Crippen LogP contribution in [0, 0.1) is 11.8 Å². The highest BCUT2D eigenvalue weighted by molar-refractivity contribution is 6.32. The Balaban J connectivity index is 2.41. The molecule has 1 heterocycles. The van der Waals surface area contributed by atoms with Gasteiger partial charge in [-0.15, -0.1) is 0 Å². The molecule has 0 bridgehead atoms. The number of hydrogen-bond donors (Lipinski definition) is 1. The Morgan fingerprint density at radius 2 is 2.10 bits per heavy atom. The molecule has 21 heavy (non-hydrogen) atoms. The van der Waals surface area contributed by atoms with Crippen molar-refractivity contribution in [1.82, 2.24) is 4.98 Å². The van der Waals surface area contributed by atoms with E-state index in [1.54, 1.807) is 0 Å². The minimum Gasteiger partial charge on any atom is -0.465 e. The molecule has 8 heteroatoms. The van der Waals surface area contributed by atoms with Crippen LogP contribution in [0.4, 0.5) is 14.6 Å². The third-order valence-corrected chi connectivity index (χ3v) is 2.83. The second-order valence-corrected chi connectivity index (χ2v) is 4.24. The number of carbonyl (C=O) groups is 1. The molecule has 0 unspecified atom stereocenters. The van der Waals surface area contributed by atoms with Crippen molar-refractivity contribution in [3.05, 3.63) is 46.6 Å². The third-order valence-electron chi connectivity index (χ3n) is 2.50. The van der Waals surface area contributed by atoms with Crippen LogP contribution in [0.25, 0.3) is 0 Å². The van der Waals surface area contributed by atoms with E-state index in [2.05, 4.69) is 9.72 Å². The van der Waals surface area contributed by atoms with Gasteiger partial charge in [0.05, 0.1) is 12.7 Å². The van der Waals surface area contributed by atoms with E-state index in [0.717, 1.165) is 0 Å². The largest absolute Gasteiger partial charge is 0.465 e. The van der Waals surface area contributed by atoms with Gasteiger partial charge in [0, 0.05) is 0 Å². The van der Waals surface area contributed by atoms with Crippen LogP contribution in [0.2, 0.25) is 5.02 Å². The summed E-state index contributed by atoms with van der Waals surface area (Å²) >= 11 is 5.60. The highest BCUT2D eigenvalue weighted by atomic mass is 35.5. The molecule has 0 aliphatic carbocycles. The minimum atomic E-state index is -1.16. The van der Waals surface area contributed by atoms with E-state index in [4.69, 9.17) is 22.1 Å². The first-order valence-electron chi connectivity index (χ1n) is 5.60.